The molecule has 4 rings (SSSR count). The first-order valence-corrected chi connectivity index (χ1v) is 11.6. The molecule has 0 bridgehead atoms. The van der Waals surface area contributed by atoms with Gasteiger partial charge < -0.3 is 14.4 Å². The van der Waals surface area contributed by atoms with E-state index in [1.54, 1.807) is 23.1 Å². The first-order chi connectivity index (χ1) is 15.5. The van der Waals surface area contributed by atoms with E-state index in [1.165, 1.54) is 6.07 Å². The van der Waals surface area contributed by atoms with Gasteiger partial charge >= 0.3 is 0 Å². The van der Waals surface area contributed by atoms with Crippen molar-refractivity contribution in [1.82, 2.24) is 0 Å². The summed E-state index contributed by atoms with van der Waals surface area (Å²) >= 11 is 2.18. The second-order valence-electron chi connectivity index (χ2n) is 7.27. The summed E-state index contributed by atoms with van der Waals surface area (Å²) in [6, 6.07) is 18.2. The van der Waals surface area contributed by atoms with Crippen LogP contribution in [0.2, 0.25) is 0 Å². The fraction of sp³-hybridized carbons (Fsp3) is 0.192. The van der Waals surface area contributed by atoms with Gasteiger partial charge in [-0.25, -0.2) is 4.39 Å². The van der Waals surface area contributed by atoms with Crippen molar-refractivity contribution in [2.75, 3.05) is 18.1 Å². The Hall–Kier alpha value is -2.87. The third-order valence-electron chi connectivity index (χ3n) is 5.25. The maximum absolute atomic E-state index is 14.0. The number of benzene rings is 3. The molecule has 32 heavy (non-hydrogen) atoms. The Kier molecular flexibility index (Phi) is 6.79. The van der Waals surface area contributed by atoms with Crippen LogP contribution >= 0.6 is 22.6 Å². The second-order valence-corrected chi connectivity index (χ2v) is 8.43. The number of rotatable bonds is 7. The first-order valence-electron chi connectivity index (χ1n) is 10.5. The number of hydrogen-bond acceptors (Lipinski definition) is 3. The minimum Gasteiger partial charge on any atom is -0.490 e. The summed E-state index contributed by atoms with van der Waals surface area (Å²) in [4.78, 5) is 14.8. The van der Waals surface area contributed by atoms with E-state index in [2.05, 4.69) is 22.6 Å². The van der Waals surface area contributed by atoms with Crippen LogP contribution in [0.1, 0.15) is 30.5 Å². The highest BCUT2D eigenvalue weighted by atomic mass is 127. The van der Waals surface area contributed by atoms with Gasteiger partial charge in [-0.05, 0) is 72.3 Å². The number of ether oxygens (including phenoxy) is 2. The summed E-state index contributed by atoms with van der Waals surface area (Å²) in [7, 11) is 0. The highest BCUT2D eigenvalue weighted by molar-refractivity contribution is 14.1. The molecule has 1 aliphatic rings. The van der Waals surface area contributed by atoms with Crippen molar-refractivity contribution in [3.8, 4) is 11.5 Å². The maximum atomic E-state index is 14.0. The molecule has 1 amide bonds. The molecule has 0 unspecified atom stereocenters. The number of amides is 1. The van der Waals surface area contributed by atoms with Gasteiger partial charge in [0.2, 0.25) is 0 Å². The molecule has 3 aromatic carbocycles. The number of carbonyl (C=O) groups excluding carboxylic acids is 1. The number of anilines is 1. The SMILES string of the molecule is CCOc1cc(/C=C2\C(=O)N(CC)c3ccccc32)cc(I)c1OCc1ccccc1F. The normalized spacial score (nSPS) is 14.1. The highest BCUT2D eigenvalue weighted by Crippen LogP contribution is 2.40. The lowest BCUT2D eigenvalue weighted by Crippen LogP contribution is -2.25. The fourth-order valence-corrected chi connectivity index (χ4v) is 4.55. The first kappa shape index (κ1) is 22.3. The van der Waals surface area contributed by atoms with Crippen LogP contribution in [0.3, 0.4) is 0 Å². The zero-order valence-electron chi connectivity index (χ0n) is 17.9. The Balaban J connectivity index is 1.69. The van der Waals surface area contributed by atoms with Gasteiger partial charge in [0.1, 0.15) is 12.4 Å². The monoisotopic (exact) mass is 543 g/mol. The highest BCUT2D eigenvalue weighted by Gasteiger charge is 2.30. The van der Waals surface area contributed by atoms with E-state index >= 15 is 0 Å². The maximum Gasteiger partial charge on any atom is 0.258 e. The summed E-state index contributed by atoms with van der Waals surface area (Å²) in [6.07, 6.45) is 1.89. The molecule has 4 nitrogen and oxygen atoms in total. The molecule has 0 radical (unpaired) electrons. The Morgan fingerprint density at radius 3 is 2.53 bits per heavy atom. The molecule has 1 heterocycles. The minimum atomic E-state index is -0.305. The standard InChI is InChI=1S/C26H23FINO3/c1-3-29-23-12-8-6-10-19(23)20(26(29)30)13-17-14-22(28)25(24(15-17)31-4-2)32-16-18-9-5-7-11-21(18)27/h5-15H,3-4,16H2,1-2H3/b20-13-. The van der Waals surface area contributed by atoms with E-state index in [0.717, 1.165) is 20.4 Å². The number of para-hydroxylation sites is 1. The van der Waals surface area contributed by atoms with Crippen LogP contribution in [0.25, 0.3) is 11.6 Å². The summed E-state index contributed by atoms with van der Waals surface area (Å²) in [5.41, 5.74) is 3.82. The Morgan fingerprint density at radius 1 is 1.03 bits per heavy atom. The topological polar surface area (TPSA) is 38.8 Å². The van der Waals surface area contributed by atoms with Crippen molar-refractivity contribution in [1.29, 1.82) is 0 Å². The molecule has 3 aromatic rings. The van der Waals surface area contributed by atoms with Crippen LogP contribution < -0.4 is 14.4 Å². The summed E-state index contributed by atoms with van der Waals surface area (Å²) < 4.78 is 26.6. The van der Waals surface area contributed by atoms with E-state index < -0.39 is 0 Å². The second kappa shape index (κ2) is 9.73. The van der Waals surface area contributed by atoms with Gasteiger partial charge in [-0.15, -0.1) is 0 Å². The zero-order chi connectivity index (χ0) is 22.7. The molecule has 0 fully saturated rings. The van der Waals surface area contributed by atoms with Gasteiger partial charge in [-0.2, -0.15) is 0 Å². The lowest BCUT2D eigenvalue weighted by atomic mass is 10.0. The predicted octanol–water partition coefficient (Wildman–Crippen LogP) is 6.32. The van der Waals surface area contributed by atoms with Gasteiger partial charge in [0.25, 0.3) is 5.91 Å². The molecule has 0 aliphatic carbocycles. The van der Waals surface area contributed by atoms with Gasteiger partial charge in [0.05, 0.1) is 15.9 Å². The lowest BCUT2D eigenvalue weighted by Gasteiger charge is -2.15. The van der Waals surface area contributed by atoms with Gasteiger partial charge in [0.15, 0.2) is 11.5 Å². The lowest BCUT2D eigenvalue weighted by molar-refractivity contribution is -0.112. The molecule has 6 heteroatoms. The molecule has 0 saturated carbocycles. The van der Waals surface area contributed by atoms with Crippen LogP contribution in [0.15, 0.2) is 60.7 Å². The molecule has 0 N–H and O–H groups in total. The van der Waals surface area contributed by atoms with Crippen LogP contribution in [0.5, 0.6) is 11.5 Å². The molecule has 164 valence electrons. The van der Waals surface area contributed by atoms with E-state index in [4.69, 9.17) is 9.47 Å². The van der Waals surface area contributed by atoms with Crippen molar-refractivity contribution in [3.05, 3.63) is 86.7 Å². The largest absolute Gasteiger partial charge is 0.490 e. The number of hydrogen-bond donors (Lipinski definition) is 0. The zero-order valence-corrected chi connectivity index (χ0v) is 20.1. The third-order valence-corrected chi connectivity index (χ3v) is 6.05. The number of halogens is 2. The van der Waals surface area contributed by atoms with E-state index in [1.807, 2.05) is 56.3 Å². The van der Waals surface area contributed by atoms with Crippen molar-refractivity contribution in [2.24, 2.45) is 0 Å². The Morgan fingerprint density at radius 2 is 1.78 bits per heavy atom. The number of nitrogens with zero attached hydrogens (tertiary/aromatic N) is 1. The third kappa shape index (κ3) is 4.37. The van der Waals surface area contributed by atoms with Crippen molar-refractivity contribution in [3.63, 3.8) is 0 Å². The molecular formula is C26H23FINO3. The molecule has 1 aliphatic heterocycles. The van der Waals surface area contributed by atoms with Gasteiger partial charge in [-0.3, -0.25) is 4.79 Å². The van der Waals surface area contributed by atoms with Crippen molar-refractivity contribution < 1.29 is 18.7 Å². The minimum absolute atomic E-state index is 0.0125. The van der Waals surface area contributed by atoms with Gasteiger partial charge in [-0.1, -0.05) is 36.4 Å². The fourth-order valence-electron chi connectivity index (χ4n) is 3.77. The Bertz CT molecular complexity index is 1190. The van der Waals surface area contributed by atoms with E-state index in [-0.39, 0.29) is 18.3 Å². The molecule has 0 aromatic heterocycles. The van der Waals surface area contributed by atoms with Gasteiger partial charge in [0, 0.05) is 23.2 Å². The van der Waals surface area contributed by atoms with E-state index in [9.17, 15) is 9.18 Å². The summed E-state index contributed by atoms with van der Waals surface area (Å²) in [6.45, 7) is 5.03. The summed E-state index contributed by atoms with van der Waals surface area (Å²) in [5, 5.41) is 0. The predicted molar refractivity (Wildman–Crippen MR) is 133 cm³/mol. The van der Waals surface area contributed by atoms with Crippen molar-refractivity contribution in [2.45, 2.75) is 20.5 Å². The number of likely N-dealkylation sites (N-methyl/N-ethyl adjacent to an activating group) is 1. The smallest absolute Gasteiger partial charge is 0.258 e. The summed E-state index contributed by atoms with van der Waals surface area (Å²) in [5.74, 6) is 0.808. The molecule has 0 atom stereocenters. The van der Waals surface area contributed by atoms with E-state index in [0.29, 0.717) is 35.8 Å². The number of carbonyl (C=O) groups is 1. The Labute approximate surface area is 200 Å². The van der Waals surface area contributed by atoms with Crippen LogP contribution in [-0.4, -0.2) is 19.1 Å². The molecule has 0 saturated heterocycles. The number of fused-ring (bicyclic) bond motifs is 1. The molecular weight excluding hydrogens is 520 g/mol. The quantitative estimate of drug-likeness (QED) is 0.259. The van der Waals surface area contributed by atoms with Crippen LogP contribution in [-0.2, 0) is 11.4 Å². The van der Waals surface area contributed by atoms with Crippen LogP contribution in [0.4, 0.5) is 10.1 Å². The average molecular weight is 543 g/mol. The molecule has 0 spiro atoms. The van der Waals surface area contributed by atoms with Crippen molar-refractivity contribution >= 4 is 45.8 Å². The average Bonchev–Trinajstić information content (AvgIpc) is 3.05. The van der Waals surface area contributed by atoms with Crippen LogP contribution in [0, 0.1) is 9.39 Å².